The summed E-state index contributed by atoms with van der Waals surface area (Å²) >= 11 is 6.12. The summed E-state index contributed by atoms with van der Waals surface area (Å²) in [6.45, 7) is 6.59. The Kier molecular flexibility index (Phi) is 2.43. The second-order valence-corrected chi connectivity index (χ2v) is 5.15. The predicted octanol–water partition coefficient (Wildman–Crippen LogP) is 4.19. The molecule has 1 nitrogen and oxygen atoms in total. The van der Waals surface area contributed by atoms with Crippen LogP contribution in [0.4, 0.5) is 0 Å². The zero-order valence-corrected chi connectivity index (χ0v) is 9.97. The molecule has 15 heavy (non-hydrogen) atoms. The second-order valence-electron chi connectivity index (χ2n) is 4.74. The summed E-state index contributed by atoms with van der Waals surface area (Å²) in [6.07, 6.45) is 1.83. The van der Waals surface area contributed by atoms with E-state index >= 15 is 0 Å². The van der Waals surface area contributed by atoms with Crippen LogP contribution in [0.25, 0.3) is 10.9 Å². The highest BCUT2D eigenvalue weighted by Gasteiger charge is 2.17. The number of para-hydroxylation sites is 1. The number of aromatic nitrogens is 1. The Balaban J connectivity index is 2.83. The molecule has 0 amide bonds. The topological polar surface area (TPSA) is 12.9 Å². The van der Waals surface area contributed by atoms with Crippen LogP contribution in [0.5, 0.6) is 0 Å². The van der Waals surface area contributed by atoms with Gasteiger partial charge >= 0.3 is 0 Å². The standard InChI is InChI=1S/C13H14ClN/c1-13(2,3)10-7-8-15-12-9(10)5-4-6-11(12)14/h4-8H,1-3H3. The van der Waals surface area contributed by atoms with Crippen LogP contribution in [-0.2, 0) is 5.41 Å². The van der Waals surface area contributed by atoms with Gasteiger partial charge in [-0.25, -0.2) is 0 Å². The van der Waals surface area contributed by atoms with Crippen LogP contribution in [0.1, 0.15) is 26.3 Å². The molecule has 0 N–H and O–H groups in total. The Morgan fingerprint density at radius 1 is 1.13 bits per heavy atom. The van der Waals surface area contributed by atoms with E-state index in [1.807, 2.05) is 18.3 Å². The van der Waals surface area contributed by atoms with Gasteiger partial charge in [0.2, 0.25) is 0 Å². The highest BCUT2D eigenvalue weighted by molar-refractivity contribution is 6.35. The average molecular weight is 220 g/mol. The summed E-state index contributed by atoms with van der Waals surface area (Å²) in [5, 5.41) is 1.87. The predicted molar refractivity (Wildman–Crippen MR) is 65.5 cm³/mol. The van der Waals surface area contributed by atoms with Gasteiger partial charge in [0.25, 0.3) is 0 Å². The number of halogens is 1. The van der Waals surface area contributed by atoms with Crippen molar-refractivity contribution in [3.05, 3.63) is 41.0 Å². The van der Waals surface area contributed by atoms with E-state index in [0.717, 1.165) is 15.9 Å². The largest absolute Gasteiger partial charge is 0.255 e. The van der Waals surface area contributed by atoms with E-state index < -0.39 is 0 Å². The van der Waals surface area contributed by atoms with Crippen molar-refractivity contribution in [2.45, 2.75) is 26.2 Å². The van der Waals surface area contributed by atoms with E-state index in [2.05, 4.69) is 37.9 Å². The van der Waals surface area contributed by atoms with E-state index in [-0.39, 0.29) is 5.41 Å². The molecule has 0 radical (unpaired) electrons. The number of hydrogen-bond acceptors (Lipinski definition) is 1. The third kappa shape index (κ3) is 1.84. The molecule has 78 valence electrons. The lowest BCUT2D eigenvalue weighted by Gasteiger charge is -2.21. The van der Waals surface area contributed by atoms with Gasteiger partial charge in [-0.15, -0.1) is 0 Å². The van der Waals surface area contributed by atoms with Gasteiger partial charge in [0, 0.05) is 11.6 Å². The average Bonchev–Trinajstić information content (AvgIpc) is 2.16. The van der Waals surface area contributed by atoms with Gasteiger partial charge in [0.15, 0.2) is 0 Å². The Morgan fingerprint density at radius 2 is 1.87 bits per heavy atom. The van der Waals surface area contributed by atoms with Crippen molar-refractivity contribution >= 4 is 22.5 Å². The first-order valence-electron chi connectivity index (χ1n) is 5.04. The molecule has 1 heterocycles. The van der Waals surface area contributed by atoms with E-state index in [1.54, 1.807) is 0 Å². The van der Waals surface area contributed by atoms with Crippen LogP contribution in [-0.4, -0.2) is 4.98 Å². The first kappa shape index (κ1) is 10.4. The molecule has 0 saturated carbocycles. The second kappa shape index (κ2) is 3.49. The minimum absolute atomic E-state index is 0.117. The summed E-state index contributed by atoms with van der Waals surface area (Å²) in [7, 11) is 0. The minimum atomic E-state index is 0.117. The summed E-state index contributed by atoms with van der Waals surface area (Å²) in [5.74, 6) is 0. The maximum Gasteiger partial charge on any atom is 0.0891 e. The van der Waals surface area contributed by atoms with Crippen molar-refractivity contribution in [2.24, 2.45) is 0 Å². The minimum Gasteiger partial charge on any atom is -0.255 e. The van der Waals surface area contributed by atoms with Crippen LogP contribution in [0.3, 0.4) is 0 Å². The molecule has 1 aromatic carbocycles. The highest BCUT2D eigenvalue weighted by Crippen LogP contribution is 2.31. The molecule has 1 aromatic heterocycles. The van der Waals surface area contributed by atoms with Gasteiger partial charge in [-0.3, -0.25) is 4.98 Å². The fourth-order valence-electron chi connectivity index (χ4n) is 1.79. The van der Waals surface area contributed by atoms with E-state index in [9.17, 15) is 0 Å². The molecule has 0 aliphatic carbocycles. The van der Waals surface area contributed by atoms with E-state index in [4.69, 9.17) is 11.6 Å². The SMILES string of the molecule is CC(C)(C)c1ccnc2c(Cl)cccc12. The summed E-state index contributed by atoms with van der Waals surface area (Å²) in [5.41, 5.74) is 2.30. The van der Waals surface area contributed by atoms with Crippen molar-refractivity contribution < 1.29 is 0 Å². The van der Waals surface area contributed by atoms with Gasteiger partial charge in [0.1, 0.15) is 0 Å². The Bertz CT molecular complexity index is 497. The molecule has 0 spiro atoms. The van der Waals surface area contributed by atoms with Gasteiger partial charge in [-0.05, 0) is 23.1 Å². The van der Waals surface area contributed by atoms with Crippen LogP contribution in [0, 0.1) is 0 Å². The quantitative estimate of drug-likeness (QED) is 0.648. The molecule has 0 unspecified atom stereocenters. The molecule has 2 rings (SSSR count). The Labute approximate surface area is 95.1 Å². The lowest BCUT2D eigenvalue weighted by atomic mass is 9.85. The monoisotopic (exact) mass is 219 g/mol. The zero-order valence-electron chi connectivity index (χ0n) is 9.21. The zero-order chi connectivity index (χ0) is 11.1. The first-order chi connectivity index (χ1) is 7.00. The summed E-state index contributed by atoms with van der Waals surface area (Å²) in [6, 6.07) is 8.00. The summed E-state index contributed by atoms with van der Waals surface area (Å²) < 4.78 is 0. The summed E-state index contributed by atoms with van der Waals surface area (Å²) in [4.78, 5) is 4.32. The van der Waals surface area contributed by atoms with Crippen molar-refractivity contribution in [3.8, 4) is 0 Å². The fraction of sp³-hybridized carbons (Fsp3) is 0.308. The molecule has 0 atom stereocenters. The third-order valence-electron chi connectivity index (χ3n) is 2.53. The van der Waals surface area contributed by atoms with Gasteiger partial charge in [-0.2, -0.15) is 0 Å². The number of fused-ring (bicyclic) bond motifs is 1. The fourth-order valence-corrected chi connectivity index (χ4v) is 2.02. The van der Waals surface area contributed by atoms with Crippen molar-refractivity contribution in [1.29, 1.82) is 0 Å². The molecule has 0 bridgehead atoms. The van der Waals surface area contributed by atoms with E-state index in [1.165, 1.54) is 5.56 Å². The molecule has 0 saturated heterocycles. The highest BCUT2D eigenvalue weighted by atomic mass is 35.5. The smallest absolute Gasteiger partial charge is 0.0891 e. The number of hydrogen-bond donors (Lipinski definition) is 0. The number of nitrogens with zero attached hydrogens (tertiary/aromatic N) is 1. The van der Waals surface area contributed by atoms with Crippen molar-refractivity contribution in [3.63, 3.8) is 0 Å². The first-order valence-corrected chi connectivity index (χ1v) is 5.41. The van der Waals surface area contributed by atoms with Gasteiger partial charge in [-0.1, -0.05) is 44.5 Å². The van der Waals surface area contributed by atoms with Crippen LogP contribution < -0.4 is 0 Å². The molecular weight excluding hydrogens is 206 g/mol. The molecule has 0 aliphatic rings. The Hall–Kier alpha value is -1.08. The number of benzene rings is 1. The third-order valence-corrected chi connectivity index (χ3v) is 2.83. The van der Waals surface area contributed by atoms with Crippen molar-refractivity contribution in [1.82, 2.24) is 4.98 Å². The molecule has 0 fully saturated rings. The maximum absolute atomic E-state index is 6.12. The molecule has 2 heteroatoms. The van der Waals surface area contributed by atoms with Crippen LogP contribution in [0.2, 0.25) is 5.02 Å². The molecule has 2 aromatic rings. The van der Waals surface area contributed by atoms with Crippen LogP contribution in [0.15, 0.2) is 30.5 Å². The van der Waals surface area contributed by atoms with Gasteiger partial charge < -0.3 is 0 Å². The lowest BCUT2D eigenvalue weighted by Crippen LogP contribution is -2.11. The Morgan fingerprint density at radius 3 is 2.53 bits per heavy atom. The van der Waals surface area contributed by atoms with Crippen molar-refractivity contribution in [2.75, 3.05) is 0 Å². The van der Waals surface area contributed by atoms with Crippen LogP contribution >= 0.6 is 11.6 Å². The van der Waals surface area contributed by atoms with E-state index in [0.29, 0.717) is 0 Å². The van der Waals surface area contributed by atoms with Gasteiger partial charge in [0.05, 0.1) is 10.5 Å². The normalized spacial score (nSPS) is 12.0. The molecular formula is C13H14ClN. The number of pyridine rings is 1. The number of rotatable bonds is 0. The lowest BCUT2D eigenvalue weighted by molar-refractivity contribution is 0.595. The molecule has 0 aliphatic heterocycles. The maximum atomic E-state index is 6.12.